The Morgan fingerprint density at radius 1 is 1.24 bits per heavy atom. The summed E-state index contributed by atoms with van der Waals surface area (Å²) in [7, 11) is 2.00. The van der Waals surface area contributed by atoms with Gasteiger partial charge in [0, 0.05) is 13.1 Å². The summed E-state index contributed by atoms with van der Waals surface area (Å²) in [6, 6.07) is 0.536. The molecule has 1 atom stereocenters. The summed E-state index contributed by atoms with van der Waals surface area (Å²) in [6.07, 6.45) is 6.59. The van der Waals surface area contributed by atoms with Gasteiger partial charge >= 0.3 is 0 Å². The van der Waals surface area contributed by atoms with E-state index in [1.165, 1.54) is 43.5 Å². The topological polar surface area (TPSA) is 29.9 Å². The van der Waals surface area contributed by atoms with E-state index in [1.807, 2.05) is 11.7 Å². The number of hydrogen-bond acceptors (Lipinski definition) is 2. The summed E-state index contributed by atoms with van der Waals surface area (Å²) in [5.41, 5.74) is 3.55. The zero-order valence-corrected chi connectivity index (χ0v) is 12.0. The normalized spacial score (nSPS) is 12.8. The van der Waals surface area contributed by atoms with Gasteiger partial charge in [-0.2, -0.15) is 5.10 Å². The van der Waals surface area contributed by atoms with Crippen molar-refractivity contribution in [1.82, 2.24) is 9.78 Å². The van der Waals surface area contributed by atoms with Crippen LogP contribution in [0.2, 0.25) is 0 Å². The highest BCUT2D eigenvalue weighted by Crippen LogP contribution is 2.20. The van der Waals surface area contributed by atoms with E-state index in [9.17, 15) is 0 Å². The second kappa shape index (κ2) is 6.67. The number of nitrogens with zero attached hydrogens (tertiary/aromatic N) is 2. The lowest BCUT2D eigenvalue weighted by atomic mass is 10.1. The molecule has 0 aliphatic carbocycles. The van der Waals surface area contributed by atoms with Crippen molar-refractivity contribution >= 4 is 5.69 Å². The second-order valence-corrected chi connectivity index (χ2v) is 5.06. The first-order valence-electron chi connectivity index (χ1n) is 6.83. The lowest BCUT2D eigenvalue weighted by Gasteiger charge is -2.15. The molecule has 1 heterocycles. The number of anilines is 1. The third-order valence-corrected chi connectivity index (χ3v) is 3.39. The molecule has 0 amide bonds. The predicted molar refractivity (Wildman–Crippen MR) is 74.5 cm³/mol. The molecule has 0 aromatic carbocycles. The Bertz CT molecular complexity index is 341. The molecule has 1 N–H and O–H groups in total. The molecule has 0 aliphatic heterocycles. The predicted octanol–water partition coefficient (Wildman–Crippen LogP) is 3.81. The van der Waals surface area contributed by atoms with Gasteiger partial charge in [-0.1, -0.05) is 32.6 Å². The van der Waals surface area contributed by atoms with E-state index in [4.69, 9.17) is 0 Å². The van der Waals surface area contributed by atoms with Crippen molar-refractivity contribution in [3.05, 3.63) is 11.4 Å². The maximum Gasteiger partial charge on any atom is 0.0827 e. The van der Waals surface area contributed by atoms with Crippen LogP contribution < -0.4 is 5.32 Å². The first-order chi connectivity index (χ1) is 8.06. The largest absolute Gasteiger partial charge is 0.380 e. The summed E-state index contributed by atoms with van der Waals surface area (Å²) >= 11 is 0. The third-order valence-electron chi connectivity index (χ3n) is 3.39. The minimum absolute atomic E-state index is 0.536. The molecule has 17 heavy (non-hydrogen) atoms. The molecule has 1 aromatic rings. The van der Waals surface area contributed by atoms with Crippen molar-refractivity contribution in [2.45, 2.75) is 65.8 Å². The highest BCUT2D eigenvalue weighted by molar-refractivity contribution is 5.52. The molecule has 98 valence electrons. The molecule has 0 saturated heterocycles. The Balaban J connectivity index is 2.42. The maximum atomic E-state index is 4.43. The fourth-order valence-electron chi connectivity index (χ4n) is 2.18. The Kier molecular flexibility index (Phi) is 5.52. The van der Waals surface area contributed by atoms with E-state index in [1.54, 1.807) is 0 Å². The summed E-state index contributed by atoms with van der Waals surface area (Å²) in [4.78, 5) is 0. The summed E-state index contributed by atoms with van der Waals surface area (Å²) < 4.78 is 1.95. The average Bonchev–Trinajstić information content (AvgIpc) is 2.52. The van der Waals surface area contributed by atoms with Crippen molar-refractivity contribution in [3.63, 3.8) is 0 Å². The van der Waals surface area contributed by atoms with Crippen molar-refractivity contribution in [3.8, 4) is 0 Å². The number of hydrogen-bond donors (Lipinski definition) is 1. The zero-order chi connectivity index (χ0) is 12.8. The van der Waals surface area contributed by atoms with Crippen molar-refractivity contribution in [1.29, 1.82) is 0 Å². The van der Waals surface area contributed by atoms with Crippen LogP contribution in [0.5, 0.6) is 0 Å². The molecule has 1 unspecified atom stereocenters. The first-order valence-corrected chi connectivity index (χ1v) is 6.83. The van der Waals surface area contributed by atoms with Gasteiger partial charge in [0.2, 0.25) is 0 Å². The van der Waals surface area contributed by atoms with E-state index in [0.717, 1.165) is 5.69 Å². The Morgan fingerprint density at radius 3 is 2.47 bits per heavy atom. The monoisotopic (exact) mass is 237 g/mol. The molecule has 0 fully saturated rings. The molecule has 0 bridgehead atoms. The molecular formula is C14H27N3. The lowest BCUT2D eigenvalue weighted by Crippen LogP contribution is -2.16. The van der Waals surface area contributed by atoms with Gasteiger partial charge in [-0.15, -0.1) is 0 Å². The van der Waals surface area contributed by atoms with E-state index in [-0.39, 0.29) is 0 Å². The van der Waals surface area contributed by atoms with Gasteiger partial charge in [0.25, 0.3) is 0 Å². The lowest BCUT2D eigenvalue weighted by molar-refractivity contribution is 0.593. The summed E-state index contributed by atoms with van der Waals surface area (Å²) in [6.45, 7) is 8.70. The van der Waals surface area contributed by atoms with Crippen molar-refractivity contribution < 1.29 is 0 Å². The fraction of sp³-hybridized carbons (Fsp3) is 0.786. The molecule has 0 spiro atoms. The fourth-order valence-corrected chi connectivity index (χ4v) is 2.18. The molecular weight excluding hydrogens is 210 g/mol. The van der Waals surface area contributed by atoms with Gasteiger partial charge in [0.15, 0.2) is 0 Å². The summed E-state index contributed by atoms with van der Waals surface area (Å²) in [5, 5.41) is 8.02. The smallest absolute Gasteiger partial charge is 0.0827 e. The number of rotatable bonds is 7. The molecule has 1 aromatic heterocycles. The van der Waals surface area contributed by atoms with Crippen LogP contribution in [0.25, 0.3) is 0 Å². The van der Waals surface area contributed by atoms with Crippen molar-refractivity contribution in [2.75, 3.05) is 5.32 Å². The van der Waals surface area contributed by atoms with Crippen molar-refractivity contribution in [2.24, 2.45) is 7.05 Å². The first kappa shape index (κ1) is 14.1. The van der Waals surface area contributed by atoms with E-state index >= 15 is 0 Å². The summed E-state index contributed by atoms with van der Waals surface area (Å²) in [5.74, 6) is 0. The minimum Gasteiger partial charge on any atom is -0.380 e. The maximum absolute atomic E-state index is 4.43. The van der Waals surface area contributed by atoms with Gasteiger partial charge in [-0.3, -0.25) is 4.68 Å². The quantitative estimate of drug-likeness (QED) is 0.731. The Hall–Kier alpha value is -0.990. The molecule has 1 rings (SSSR count). The molecule has 0 radical (unpaired) electrons. The van der Waals surface area contributed by atoms with Gasteiger partial charge in [-0.25, -0.2) is 0 Å². The van der Waals surface area contributed by atoms with Gasteiger partial charge in [0.1, 0.15) is 0 Å². The Labute approximate surface area is 106 Å². The Morgan fingerprint density at radius 2 is 1.94 bits per heavy atom. The third kappa shape index (κ3) is 4.06. The standard InChI is InChI=1S/C14H27N3/c1-6-7-8-9-10-11(2)15-14-12(3)16-17(5)13(14)4/h11,15H,6-10H2,1-5H3. The van der Waals surface area contributed by atoms with Gasteiger partial charge in [-0.05, 0) is 27.2 Å². The highest BCUT2D eigenvalue weighted by Gasteiger charge is 2.11. The van der Waals surface area contributed by atoms with Crippen LogP contribution in [0, 0.1) is 13.8 Å². The number of aryl methyl sites for hydroxylation is 2. The minimum atomic E-state index is 0.536. The van der Waals surface area contributed by atoms with Crippen LogP contribution in [-0.4, -0.2) is 15.8 Å². The van der Waals surface area contributed by atoms with Crippen LogP contribution in [0.1, 0.15) is 57.3 Å². The highest BCUT2D eigenvalue weighted by atomic mass is 15.3. The number of nitrogens with one attached hydrogen (secondary N) is 1. The number of aromatic nitrogens is 2. The average molecular weight is 237 g/mol. The number of unbranched alkanes of at least 4 members (excludes halogenated alkanes) is 3. The molecule has 0 aliphatic rings. The van der Waals surface area contributed by atoms with Crippen LogP contribution in [-0.2, 0) is 7.05 Å². The van der Waals surface area contributed by atoms with E-state index < -0.39 is 0 Å². The van der Waals surface area contributed by atoms with Crippen LogP contribution in [0.15, 0.2) is 0 Å². The SMILES string of the molecule is CCCCCCC(C)Nc1c(C)nn(C)c1C. The van der Waals surface area contributed by atoms with E-state index in [0.29, 0.717) is 6.04 Å². The van der Waals surface area contributed by atoms with Crippen LogP contribution >= 0.6 is 0 Å². The van der Waals surface area contributed by atoms with E-state index in [2.05, 4.69) is 38.1 Å². The van der Waals surface area contributed by atoms with Gasteiger partial charge in [0.05, 0.1) is 17.1 Å². The molecule has 3 heteroatoms. The van der Waals surface area contributed by atoms with Gasteiger partial charge < -0.3 is 5.32 Å². The molecule has 0 saturated carbocycles. The second-order valence-electron chi connectivity index (χ2n) is 5.06. The zero-order valence-electron chi connectivity index (χ0n) is 12.0. The molecule has 3 nitrogen and oxygen atoms in total. The van der Waals surface area contributed by atoms with Crippen LogP contribution in [0.4, 0.5) is 5.69 Å². The van der Waals surface area contributed by atoms with Crippen LogP contribution in [0.3, 0.4) is 0 Å².